The second-order valence-corrected chi connectivity index (χ2v) is 4.43. The minimum Gasteiger partial charge on any atom is -0.383 e. The van der Waals surface area contributed by atoms with Gasteiger partial charge in [0.25, 0.3) is 0 Å². The van der Waals surface area contributed by atoms with Crippen molar-refractivity contribution in [3.8, 4) is 0 Å². The molecule has 1 N–H and O–H groups in total. The minimum absolute atomic E-state index is 0.113. The van der Waals surface area contributed by atoms with E-state index in [1.165, 1.54) is 17.0 Å². The Kier molecular flexibility index (Phi) is 3.06. The summed E-state index contributed by atoms with van der Waals surface area (Å²) >= 11 is 0. The molecule has 1 saturated heterocycles. The summed E-state index contributed by atoms with van der Waals surface area (Å²) in [4.78, 5) is 12.0. The van der Waals surface area contributed by atoms with Crippen molar-refractivity contribution in [2.45, 2.75) is 18.2 Å². The van der Waals surface area contributed by atoms with Crippen molar-refractivity contribution in [1.29, 1.82) is 0 Å². The van der Waals surface area contributed by atoms with Gasteiger partial charge in [0, 0.05) is 6.54 Å². The van der Waals surface area contributed by atoms with E-state index in [0.29, 0.717) is 24.9 Å². The maximum Gasteiger partial charge on any atom is 0.416 e. The number of hydrogen-bond donors (Lipinski definition) is 1. The van der Waals surface area contributed by atoms with Gasteiger partial charge in [-0.25, -0.2) is 0 Å². The highest BCUT2D eigenvalue weighted by Crippen LogP contribution is 2.34. The lowest BCUT2D eigenvalue weighted by molar-refractivity contribution is -0.137. The molecule has 1 aromatic carbocycles. The zero-order chi connectivity index (χ0) is 13.4. The molecule has 2 rings (SSSR count). The van der Waals surface area contributed by atoms with Gasteiger partial charge in [0.15, 0.2) is 0 Å². The summed E-state index contributed by atoms with van der Waals surface area (Å²) in [5.41, 5.74) is -1.59. The third-order valence-corrected chi connectivity index (χ3v) is 3.18. The van der Waals surface area contributed by atoms with Crippen LogP contribution in [0.4, 0.5) is 13.2 Å². The molecule has 0 radical (unpaired) electrons. The SMILES string of the molecule is O=CN1CC[C@@](O)(c2ccc(C(F)(F)F)cc2)C1. The molecule has 0 saturated carbocycles. The third-order valence-electron chi connectivity index (χ3n) is 3.18. The third kappa shape index (κ3) is 2.33. The summed E-state index contributed by atoms with van der Waals surface area (Å²) in [6.45, 7) is 0.517. The number of alkyl halides is 3. The van der Waals surface area contributed by atoms with Gasteiger partial charge in [0.05, 0.1) is 12.1 Å². The summed E-state index contributed by atoms with van der Waals surface area (Å²) in [6.07, 6.45) is -3.43. The zero-order valence-electron chi connectivity index (χ0n) is 9.44. The fraction of sp³-hybridized carbons (Fsp3) is 0.417. The Bertz CT molecular complexity index is 444. The maximum atomic E-state index is 12.4. The summed E-state index contributed by atoms with van der Waals surface area (Å²) in [5, 5.41) is 10.3. The van der Waals surface area contributed by atoms with Crippen LogP contribution in [-0.4, -0.2) is 29.5 Å². The number of nitrogens with zero attached hydrogens (tertiary/aromatic N) is 1. The molecule has 1 aliphatic rings. The van der Waals surface area contributed by atoms with Gasteiger partial charge in [-0.1, -0.05) is 12.1 Å². The summed E-state index contributed by atoms with van der Waals surface area (Å²) in [7, 11) is 0. The van der Waals surface area contributed by atoms with Gasteiger partial charge in [-0.15, -0.1) is 0 Å². The molecule has 0 aliphatic carbocycles. The average Bonchev–Trinajstić information content (AvgIpc) is 2.72. The van der Waals surface area contributed by atoms with Gasteiger partial charge >= 0.3 is 6.18 Å². The maximum absolute atomic E-state index is 12.4. The van der Waals surface area contributed by atoms with Crippen LogP contribution in [-0.2, 0) is 16.6 Å². The Morgan fingerprint density at radius 1 is 1.28 bits per heavy atom. The molecule has 1 aliphatic heterocycles. The first kappa shape index (κ1) is 12.9. The van der Waals surface area contributed by atoms with E-state index in [-0.39, 0.29) is 6.54 Å². The lowest BCUT2D eigenvalue weighted by Crippen LogP contribution is -2.30. The van der Waals surface area contributed by atoms with Gasteiger partial charge in [-0.3, -0.25) is 4.79 Å². The van der Waals surface area contributed by atoms with E-state index in [4.69, 9.17) is 0 Å². The number of carbonyl (C=O) groups excluding carboxylic acids is 1. The van der Waals surface area contributed by atoms with Crippen molar-refractivity contribution in [1.82, 2.24) is 4.90 Å². The Morgan fingerprint density at radius 2 is 1.89 bits per heavy atom. The normalized spacial score (nSPS) is 24.3. The van der Waals surface area contributed by atoms with Gasteiger partial charge in [0.1, 0.15) is 5.60 Å². The highest BCUT2D eigenvalue weighted by atomic mass is 19.4. The molecule has 3 nitrogen and oxygen atoms in total. The number of amides is 1. The van der Waals surface area contributed by atoms with Crippen molar-refractivity contribution in [2.24, 2.45) is 0 Å². The van der Waals surface area contributed by atoms with E-state index in [9.17, 15) is 23.1 Å². The minimum atomic E-state index is -4.38. The van der Waals surface area contributed by atoms with E-state index in [1.807, 2.05) is 0 Å². The molecule has 1 heterocycles. The average molecular weight is 259 g/mol. The quantitative estimate of drug-likeness (QED) is 0.822. The molecule has 1 atom stereocenters. The summed E-state index contributed by atoms with van der Waals surface area (Å²) in [6, 6.07) is 4.40. The van der Waals surface area contributed by atoms with Crippen LogP contribution in [0.25, 0.3) is 0 Å². The topological polar surface area (TPSA) is 40.5 Å². The number of likely N-dealkylation sites (tertiary alicyclic amines) is 1. The Balaban J connectivity index is 2.22. The fourth-order valence-corrected chi connectivity index (χ4v) is 2.12. The largest absolute Gasteiger partial charge is 0.416 e. The lowest BCUT2D eigenvalue weighted by Gasteiger charge is -2.23. The molecule has 1 fully saturated rings. The molecule has 98 valence electrons. The van der Waals surface area contributed by atoms with E-state index in [0.717, 1.165) is 12.1 Å². The summed E-state index contributed by atoms with van der Waals surface area (Å²) < 4.78 is 37.2. The van der Waals surface area contributed by atoms with Crippen LogP contribution in [0.1, 0.15) is 17.5 Å². The molecule has 6 heteroatoms. The second-order valence-electron chi connectivity index (χ2n) is 4.43. The predicted molar refractivity (Wildman–Crippen MR) is 57.6 cm³/mol. The Labute approximate surface area is 102 Å². The molecule has 0 unspecified atom stereocenters. The van der Waals surface area contributed by atoms with Gasteiger partial charge in [0.2, 0.25) is 6.41 Å². The molecule has 1 amide bonds. The molecular weight excluding hydrogens is 247 g/mol. The van der Waals surface area contributed by atoms with E-state index in [2.05, 4.69) is 0 Å². The zero-order valence-corrected chi connectivity index (χ0v) is 9.44. The fourth-order valence-electron chi connectivity index (χ4n) is 2.12. The first-order valence-corrected chi connectivity index (χ1v) is 5.45. The number of carbonyl (C=O) groups is 1. The smallest absolute Gasteiger partial charge is 0.383 e. The van der Waals surface area contributed by atoms with Crippen molar-refractivity contribution in [3.63, 3.8) is 0 Å². The number of benzene rings is 1. The number of halogens is 3. The molecule has 18 heavy (non-hydrogen) atoms. The van der Waals surface area contributed by atoms with Crippen LogP contribution < -0.4 is 0 Å². The monoisotopic (exact) mass is 259 g/mol. The predicted octanol–water partition coefficient (Wildman–Crippen LogP) is 1.76. The van der Waals surface area contributed by atoms with Crippen molar-refractivity contribution < 1.29 is 23.1 Å². The highest BCUT2D eigenvalue weighted by molar-refractivity contribution is 5.48. The lowest BCUT2D eigenvalue weighted by atomic mass is 9.92. The van der Waals surface area contributed by atoms with Crippen molar-refractivity contribution in [3.05, 3.63) is 35.4 Å². The number of hydrogen-bond acceptors (Lipinski definition) is 2. The number of β-amino-alcohol motifs (C(OH)–C–C–N with tert-alkyl or cyclic N) is 1. The first-order valence-electron chi connectivity index (χ1n) is 5.45. The van der Waals surface area contributed by atoms with Crippen LogP contribution in [0.15, 0.2) is 24.3 Å². The standard InChI is InChI=1S/C12H12F3NO2/c13-12(14,15)10-3-1-9(2-4-10)11(18)5-6-16(7-11)8-17/h1-4,8,18H,5-7H2/t11-/m0/s1. The van der Waals surface area contributed by atoms with E-state index in [1.54, 1.807) is 0 Å². The van der Waals surface area contributed by atoms with Crippen LogP contribution in [0.3, 0.4) is 0 Å². The van der Waals surface area contributed by atoms with E-state index < -0.39 is 17.3 Å². The van der Waals surface area contributed by atoms with Crippen molar-refractivity contribution in [2.75, 3.05) is 13.1 Å². The van der Waals surface area contributed by atoms with Crippen LogP contribution in [0.2, 0.25) is 0 Å². The van der Waals surface area contributed by atoms with Crippen LogP contribution in [0.5, 0.6) is 0 Å². The molecule has 0 spiro atoms. The molecule has 0 aromatic heterocycles. The molecular formula is C12H12F3NO2. The summed E-state index contributed by atoms with van der Waals surface area (Å²) in [5.74, 6) is 0. The second kappa shape index (κ2) is 4.28. The number of aliphatic hydroxyl groups is 1. The first-order chi connectivity index (χ1) is 8.35. The Hall–Kier alpha value is -1.56. The van der Waals surface area contributed by atoms with Gasteiger partial charge < -0.3 is 10.0 Å². The van der Waals surface area contributed by atoms with Crippen LogP contribution in [0, 0.1) is 0 Å². The number of rotatable bonds is 2. The van der Waals surface area contributed by atoms with Gasteiger partial charge in [-0.05, 0) is 24.1 Å². The Morgan fingerprint density at radius 3 is 2.33 bits per heavy atom. The van der Waals surface area contributed by atoms with Crippen molar-refractivity contribution >= 4 is 6.41 Å². The van der Waals surface area contributed by atoms with Gasteiger partial charge in [-0.2, -0.15) is 13.2 Å². The van der Waals surface area contributed by atoms with E-state index >= 15 is 0 Å². The molecule has 1 aromatic rings. The highest BCUT2D eigenvalue weighted by Gasteiger charge is 2.38. The van der Waals surface area contributed by atoms with Crippen LogP contribution >= 0.6 is 0 Å². The molecule has 0 bridgehead atoms.